The van der Waals surface area contributed by atoms with Crippen molar-refractivity contribution in [2.45, 2.75) is 38.9 Å². The molecule has 3 aromatic heterocycles. The number of non-ortho nitro benzene ring substituents is 2. The second-order valence-corrected chi connectivity index (χ2v) is 14.4. The van der Waals surface area contributed by atoms with Crippen molar-refractivity contribution in [3.63, 3.8) is 0 Å². The highest BCUT2D eigenvalue weighted by atomic mass is 35.5. The monoisotopic (exact) mass is 831 g/mol. The third-order valence-corrected chi connectivity index (χ3v) is 9.56. The molecule has 0 bridgehead atoms. The zero-order chi connectivity index (χ0) is 43.7. The lowest BCUT2D eigenvalue weighted by atomic mass is 9.82. The average Bonchev–Trinajstić information content (AvgIpc) is 3.99. The van der Waals surface area contributed by atoms with Crippen LogP contribution in [0.4, 0.5) is 17.1 Å². The summed E-state index contributed by atoms with van der Waals surface area (Å²) in [7, 11) is 9.80. The topological polar surface area (TPSA) is 212 Å². The van der Waals surface area contributed by atoms with Crippen LogP contribution in [-0.2, 0) is 30.5 Å². The molecule has 3 aromatic carbocycles. The van der Waals surface area contributed by atoms with Gasteiger partial charge in [-0.1, -0.05) is 11.6 Å². The Balaban J connectivity index is 0.000000175. The van der Waals surface area contributed by atoms with Crippen LogP contribution in [0.25, 0.3) is 22.3 Å². The SMILES string of the molecule is COc1cc(N)ccc1-c1cnn(C)c1.COc1cc([N+](=O)[O-])ccc1-c1cnn(C)c1.COc1cc([N+](=O)[O-])ccc1Cl.Cn1cc(B2OC(C)(C)C(C)(C)O2)cn1. The first-order chi connectivity index (χ1) is 27.8. The maximum Gasteiger partial charge on any atom is 0.498 e. The molecule has 0 radical (unpaired) electrons. The number of hydrogen-bond acceptors (Lipinski definition) is 13. The molecule has 6 aromatic rings. The molecule has 0 unspecified atom stereocenters. The first-order valence-corrected chi connectivity index (χ1v) is 18.2. The number of nitrogens with zero attached hydrogens (tertiary/aromatic N) is 8. The fourth-order valence-corrected chi connectivity index (χ4v) is 5.60. The smallest absolute Gasteiger partial charge is 0.496 e. The Labute approximate surface area is 346 Å². The van der Waals surface area contributed by atoms with Gasteiger partial charge in [0.15, 0.2) is 0 Å². The zero-order valence-electron chi connectivity index (χ0n) is 34.4. The number of nitrogen functional groups attached to an aromatic ring is 1. The van der Waals surface area contributed by atoms with Gasteiger partial charge >= 0.3 is 7.12 Å². The highest BCUT2D eigenvalue weighted by Crippen LogP contribution is 2.37. The number of nitrogens with two attached hydrogens (primary N) is 1. The van der Waals surface area contributed by atoms with Gasteiger partial charge in [0.05, 0.1) is 71.9 Å². The van der Waals surface area contributed by atoms with E-state index in [9.17, 15) is 20.2 Å². The number of rotatable bonds is 8. The Morgan fingerprint density at radius 2 is 1.08 bits per heavy atom. The van der Waals surface area contributed by atoms with Crippen LogP contribution in [0, 0.1) is 20.2 Å². The highest BCUT2D eigenvalue weighted by molar-refractivity contribution is 6.62. The molecule has 20 heteroatoms. The normalized spacial score (nSPS) is 13.4. The lowest BCUT2D eigenvalue weighted by molar-refractivity contribution is -0.385. The van der Waals surface area contributed by atoms with Gasteiger partial charge in [-0.3, -0.25) is 34.3 Å². The molecule has 1 fully saturated rings. The minimum Gasteiger partial charge on any atom is -0.496 e. The van der Waals surface area contributed by atoms with Gasteiger partial charge in [-0.15, -0.1) is 0 Å². The molecule has 59 heavy (non-hydrogen) atoms. The van der Waals surface area contributed by atoms with E-state index in [4.69, 9.17) is 40.9 Å². The second-order valence-electron chi connectivity index (χ2n) is 14.0. The summed E-state index contributed by atoms with van der Waals surface area (Å²) in [6, 6.07) is 14.1. The molecule has 0 saturated carbocycles. The second kappa shape index (κ2) is 19.3. The van der Waals surface area contributed by atoms with Crippen molar-refractivity contribution in [1.82, 2.24) is 29.3 Å². The van der Waals surface area contributed by atoms with E-state index < -0.39 is 9.85 Å². The third-order valence-electron chi connectivity index (χ3n) is 9.25. The Hall–Kier alpha value is -6.44. The first-order valence-electron chi connectivity index (χ1n) is 17.8. The van der Waals surface area contributed by atoms with Gasteiger partial charge in [-0.25, -0.2) is 0 Å². The zero-order valence-corrected chi connectivity index (χ0v) is 35.2. The lowest BCUT2D eigenvalue weighted by Crippen LogP contribution is -2.41. The van der Waals surface area contributed by atoms with Crippen LogP contribution in [0.15, 0.2) is 91.8 Å². The molecular formula is C39H47BClN9O9. The molecule has 0 spiro atoms. The Morgan fingerprint density at radius 1 is 0.661 bits per heavy atom. The van der Waals surface area contributed by atoms with Crippen molar-refractivity contribution in [3.05, 3.63) is 117 Å². The van der Waals surface area contributed by atoms with Crippen molar-refractivity contribution >= 4 is 41.2 Å². The van der Waals surface area contributed by atoms with Gasteiger partial charge in [-0.2, -0.15) is 15.3 Å². The summed E-state index contributed by atoms with van der Waals surface area (Å²) in [4.78, 5) is 20.0. The van der Waals surface area contributed by atoms with Crippen LogP contribution < -0.4 is 25.4 Å². The molecule has 1 aliphatic heterocycles. The number of hydrogen-bond donors (Lipinski definition) is 1. The minimum atomic E-state index is -0.501. The number of nitro benzene ring substituents is 2. The van der Waals surface area contributed by atoms with Crippen molar-refractivity contribution < 1.29 is 33.4 Å². The predicted molar refractivity (Wildman–Crippen MR) is 225 cm³/mol. The van der Waals surface area contributed by atoms with Crippen LogP contribution >= 0.6 is 11.6 Å². The molecular weight excluding hydrogens is 785 g/mol. The highest BCUT2D eigenvalue weighted by Gasteiger charge is 2.52. The molecule has 0 amide bonds. The molecule has 18 nitrogen and oxygen atoms in total. The van der Waals surface area contributed by atoms with Crippen LogP contribution in [0.5, 0.6) is 17.2 Å². The number of aryl methyl sites for hydroxylation is 3. The summed E-state index contributed by atoms with van der Waals surface area (Å²) >= 11 is 5.65. The lowest BCUT2D eigenvalue weighted by Gasteiger charge is -2.32. The minimum absolute atomic E-state index is 0.00879. The summed E-state index contributed by atoms with van der Waals surface area (Å²) in [5, 5.41) is 33.6. The van der Waals surface area contributed by atoms with Gasteiger partial charge in [0.1, 0.15) is 17.2 Å². The summed E-state index contributed by atoms with van der Waals surface area (Å²) in [5.74, 6) is 1.54. The Kier molecular flexibility index (Phi) is 14.8. The van der Waals surface area contributed by atoms with Crippen LogP contribution in [0.2, 0.25) is 5.02 Å². The Bertz CT molecular complexity index is 2360. The van der Waals surface area contributed by atoms with E-state index in [-0.39, 0.29) is 29.7 Å². The molecule has 1 aliphatic rings. The third kappa shape index (κ3) is 11.6. The molecule has 312 valence electrons. The van der Waals surface area contributed by atoms with Crippen LogP contribution in [0.1, 0.15) is 27.7 Å². The molecule has 2 N–H and O–H groups in total. The quantitative estimate of drug-likeness (QED) is 0.0737. The number of benzene rings is 3. The van der Waals surface area contributed by atoms with Crippen molar-refractivity contribution in [2.75, 3.05) is 27.1 Å². The fourth-order valence-electron chi connectivity index (χ4n) is 5.40. The number of nitro groups is 2. The number of aromatic nitrogens is 6. The van der Waals surface area contributed by atoms with Gasteiger partial charge in [0, 0.05) is 97.5 Å². The summed E-state index contributed by atoms with van der Waals surface area (Å²) < 4.78 is 32.2. The summed E-state index contributed by atoms with van der Waals surface area (Å²) in [5.41, 5.74) is 10.4. The number of ether oxygens (including phenoxy) is 3. The largest absolute Gasteiger partial charge is 0.498 e. The van der Waals surface area contributed by atoms with Gasteiger partial charge in [0.2, 0.25) is 0 Å². The van der Waals surface area contributed by atoms with Crippen molar-refractivity contribution in [2.24, 2.45) is 21.1 Å². The number of anilines is 1. The van der Waals surface area contributed by atoms with Gasteiger partial charge in [-0.05, 0) is 52.0 Å². The molecule has 0 aliphatic carbocycles. The van der Waals surface area contributed by atoms with E-state index in [1.807, 2.05) is 78.6 Å². The van der Waals surface area contributed by atoms with E-state index in [1.54, 1.807) is 52.9 Å². The average molecular weight is 832 g/mol. The van der Waals surface area contributed by atoms with Crippen LogP contribution in [-0.4, -0.2) is 78.8 Å². The molecule has 7 rings (SSSR count). The predicted octanol–water partition coefficient (Wildman–Crippen LogP) is 6.66. The van der Waals surface area contributed by atoms with E-state index in [2.05, 4.69) is 15.3 Å². The fraction of sp³-hybridized carbons (Fsp3) is 0.308. The first kappa shape index (κ1) is 45.3. The maximum absolute atomic E-state index is 10.7. The van der Waals surface area contributed by atoms with Crippen LogP contribution in [0.3, 0.4) is 0 Å². The Morgan fingerprint density at radius 3 is 1.51 bits per heavy atom. The molecule has 4 heterocycles. The van der Waals surface area contributed by atoms with Crippen molar-refractivity contribution in [1.29, 1.82) is 0 Å². The van der Waals surface area contributed by atoms with Crippen molar-refractivity contribution in [3.8, 4) is 39.5 Å². The number of methoxy groups -OCH3 is 3. The van der Waals surface area contributed by atoms with E-state index in [0.717, 1.165) is 33.5 Å². The maximum atomic E-state index is 10.7. The van der Waals surface area contributed by atoms with Gasteiger partial charge in [0.25, 0.3) is 11.4 Å². The van der Waals surface area contributed by atoms with Gasteiger partial charge < -0.3 is 29.3 Å². The number of halogens is 1. The van der Waals surface area contributed by atoms with E-state index >= 15 is 0 Å². The molecule has 1 saturated heterocycles. The molecule has 0 atom stereocenters. The van der Waals surface area contributed by atoms with E-state index in [0.29, 0.717) is 22.2 Å². The van der Waals surface area contributed by atoms with E-state index in [1.165, 1.54) is 44.6 Å². The standard InChI is InChI=1S/C11H11N3O3.C11H13N3O.C10H17BN2O2.C7H6ClNO3/c1-13-7-8(6-12-13)10-4-3-9(14(15)16)5-11(10)17-2;1-14-7-8(6-13-14)10-4-3-9(12)5-11(10)15-2;1-9(2)10(3,4)15-11(14-9)8-6-12-13(5)7-8;1-12-7-4-5(9(10)11)2-3-6(7)8/h3-7H,1-2H3;3-7H,12H2,1-2H3;6-7H,1-5H3;2-4H,1H3. The summed E-state index contributed by atoms with van der Waals surface area (Å²) in [6.07, 6.45) is 10.9. The summed E-state index contributed by atoms with van der Waals surface area (Å²) in [6.45, 7) is 8.18.